The van der Waals surface area contributed by atoms with Crippen LogP contribution in [0.3, 0.4) is 0 Å². The number of carbonyl (C=O) groups is 1. The highest BCUT2D eigenvalue weighted by Gasteiger charge is 2.21. The molecule has 2 aromatic heterocycles. The van der Waals surface area contributed by atoms with Crippen LogP contribution in [0.5, 0.6) is 0 Å². The van der Waals surface area contributed by atoms with E-state index in [-0.39, 0.29) is 5.56 Å². The molecule has 0 bridgehead atoms. The maximum Gasteiger partial charge on any atom is 0.339 e. The molecule has 100 valence electrons. The summed E-state index contributed by atoms with van der Waals surface area (Å²) < 4.78 is 1.54. The lowest BCUT2D eigenvalue weighted by Gasteiger charge is -2.05. The van der Waals surface area contributed by atoms with E-state index in [2.05, 4.69) is 15.3 Å². The number of rotatable bonds is 3. The number of H-pyrrole nitrogens is 1. The summed E-state index contributed by atoms with van der Waals surface area (Å²) in [5.41, 5.74) is 3.12. The quantitative estimate of drug-likeness (QED) is 0.762. The molecular weight excluding hydrogens is 256 g/mol. The molecule has 1 aromatic carbocycles. The first kappa shape index (κ1) is 12.2. The Kier molecular flexibility index (Phi) is 2.83. The van der Waals surface area contributed by atoms with Gasteiger partial charge in [0.1, 0.15) is 5.56 Å². The van der Waals surface area contributed by atoms with Gasteiger partial charge in [0.2, 0.25) is 0 Å². The van der Waals surface area contributed by atoms with E-state index in [0.29, 0.717) is 11.3 Å². The summed E-state index contributed by atoms with van der Waals surface area (Å²) >= 11 is 0. The van der Waals surface area contributed by atoms with E-state index >= 15 is 0 Å². The van der Waals surface area contributed by atoms with Gasteiger partial charge in [0.25, 0.3) is 0 Å². The highest BCUT2D eigenvalue weighted by Crippen LogP contribution is 2.31. The van der Waals surface area contributed by atoms with Crippen molar-refractivity contribution in [3.8, 4) is 22.5 Å². The minimum Gasteiger partial charge on any atom is -0.478 e. The molecule has 2 N–H and O–H groups in total. The molecule has 0 saturated heterocycles. The number of aryl methyl sites for hydroxylation is 1. The zero-order valence-electron chi connectivity index (χ0n) is 10.7. The lowest BCUT2D eigenvalue weighted by Crippen LogP contribution is -2.01. The van der Waals surface area contributed by atoms with Crippen molar-refractivity contribution in [1.82, 2.24) is 20.0 Å². The topological polar surface area (TPSA) is 83.8 Å². The molecule has 0 radical (unpaired) electrons. The molecule has 0 unspecified atom stereocenters. The molecule has 3 aromatic rings. The molecule has 6 heteroatoms. The second-order valence-corrected chi connectivity index (χ2v) is 4.36. The summed E-state index contributed by atoms with van der Waals surface area (Å²) in [4.78, 5) is 11.3. The van der Waals surface area contributed by atoms with Crippen molar-refractivity contribution in [2.75, 3.05) is 0 Å². The first-order chi connectivity index (χ1) is 9.68. The monoisotopic (exact) mass is 268 g/mol. The lowest BCUT2D eigenvalue weighted by atomic mass is 10.0. The number of nitrogens with one attached hydrogen (secondary N) is 1. The fourth-order valence-corrected chi connectivity index (χ4v) is 2.20. The third kappa shape index (κ3) is 1.87. The molecule has 0 aliphatic carbocycles. The van der Waals surface area contributed by atoms with Crippen LogP contribution in [0, 0.1) is 0 Å². The Labute approximate surface area is 114 Å². The summed E-state index contributed by atoms with van der Waals surface area (Å²) in [5.74, 6) is -1.01. The van der Waals surface area contributed by atoms with Gasteiger partial charge in [-0.1, -0.05) is 30.3 Å². The molecule has 2 heterocycles. The van der Waals surface area contributed by atoms with Crippen LogP contribution in [0.4, 0.5) is 0 Å². The van der Waals surface area contributed by atoms with Crippen LogP contribution < -0.4 is 0 Å². The first-order valence-corrected chi connectivity index (χ1v) is 6.03. The van der Waals surface area contributed by atoms with Crippen molar-refractivity contribution >= 4 is 5.97 Å². The van der Waals surface area contributed by atoms with Crippen LogP contribution in [0.15, 0.2) is 42.7 Å². The zero-order valence-corrected chi connectivity index (χ0v) is 10.7. The smallest absolute Gasteiger partial charge is 0.339 e. The number of aromatic carboxylic acids is 1. The minimum absolute atomic E-state index is 0.158. The Morgan fingerprint density at radius 1 is 1.25 bits per heavy atom. The number of aromatic amines is 1. The van der Waals surface area contributed by atoms with Gasteiger partial charge in [-0.05, 0) is 0 Å². The molecule has 6 nitrogen and oxygen atoms in total. The molecule has 0 saturated carbocycles. The number of nitrogens with zero attached hydrogens (tertiary/aromatic N) is 3. The fraction of sp³-hybridized carbons (Fsp3) is 0.0714. The molecule has 0 atom stereocenters. The Balaban J connectivity index is 2.21. The Morgan fingerprint density at radius 2 is 2.00 bits per heavy atom. The fourth-order valence-electron chi connectivity index (χ4n) is 2.20. The predicted octanol–water partition coefficient (Wildman–Crippen LogP) is 2.18. The van der Waals surface area contributed by atoms with E-state index in [1.54, 1.807) is 17.9 Å². The predicted molar refractivity (Wildman–Crippen MR) is 73.2 cm³/mol. The third-order valence-electron chi connectivity index (χ3n) is 3.13. The van der Waals surface area contributed by atoms with E-state index in [0.717, 1.165) is 11.3 Å². The van der Waals surface area contributed by atoms with Crippen molar-refractivity contribution in [2.45, 2.75) is 0 Å². The molecule has 0 spiro atoms. The van der Waals surface area contributed by atoms with Crippen LogP contribution in [0.1, 0.15) is 10.4 Å². The molecule has 0 fully saturated rings. The zero-order chi connectivity index (χ0) is 14.1. The van der Waals surface area contributed by atoms with Crippen LogP contribution in [-0.4, -0.2) is 31.1 Å². The number of aromatic nitrogens is 4. The van der Waals surface area contributed by atoms with Crippen molar-refractivity contribution in [3.63, 3.8) is 0 Å². The second-order valence-electron chi connectivity index (χ2n) is 4.36. The minimum atomic E-state index is -1.01. The Hall–Kier alpha value is -2.89. The van der Waals surface area contributed by atoms with Gasteiger partial charge in [0.05, 0.1) is 23.8 Å². The summed E-state index contributed by atoms with van der Waals surface area (Å²) in [5, 5.41) is 20.2. The van der Waals surface area contributed by atoms with Gasteiger partial charge >= 0.3 is 5.97 Å². The first-order valence-electron chi connectivity index (χ1n) is 6.03. The van der Waals surface area contributed by atoms with Gasteiger partial charge in [-0.25, -0.2) is 4.79 Å². The molecule has 20 heavy (non-hydrogen) atoms. The molecule has 0 aliphatic heterocycles. The van der Waals surface area contributed by atoms with Gasteiger partial charge < -0.3 is 5.11 Å². The average molecular weight is 268 g/mol. The van der Waals surface area contributed by atoms with Crippen molar-refractivity contribution < 1.29 is 9.90 Å². The number of hydrogen-bond donors (Lipinski definition) is 2. The third-order valence-corrected chi connectivity index (χ3v) is 3.13. The molecule has 0 aliphatic rings. The number of carboxylic acids is 1. The van der Waals surface area contributed by atoms with Crippen molar-refractivity contribution in [2.24, 2.45) is 7.05 Å². The summed E-state index contributed by atoms with van der Waals surface area (Å²) in [6, 6.07) is 9.64. The standard InChI is InChI=1S/C14H12N4O2/c1-18-13(11(8-16-18)14(19)20)10-7-15-17-12(10)9-5-3-2-4-6-9/h2-8H,1H3,(H,15,17)(H,19,20). The summed E-state index contributed by atoms with van der Waals surface area (Å²) in [6.45, 7) is 0. The maximum atomic E-state index is 11.3. The summed E-state index contributed by atoms with van der Waals surface area (Å²) in [6.07, 6.45) is 2.96. The van der Waals surface area contributed by atoms with Crippen molar-refractivity contribution in [1.29, 1.82) is 0 Å². The highest BCUT2D eigenvalue weighted by molar-refractivity contribution is 5.96. The maximum absolute atomic E-state index is 11.3. The van der Waals surface area contributed by atoms with Gasteiger partial charge in [-0.3, -0.25) is 9.78 Å². The van der Waals surface area contributed by atoms with Crippen LogP contribution in [0.25, 0.3) is 22.5 Å². The average Bonchev–Trinajstić information content (AvgIpc) is 3.05. The van der Waals surface area contributed by atoms with Gasteiger partial charge in [-0.2, -0.15) is 10.2 Å². The van der Waals surface area contributed by atoms with Gasteiger partial charge in [-0.15, -0.1) is 0 Å². The van der Waals surface area contributed by atoms with Crippen LogP contribution in [-0.2, 0) is 7.05 Å². The normalized spacial score (nSPS) is 10.7. The second kappa shape index (κ2) is 4.65. The SMILES string of the molecule is Cn1ncc(C(=O)O)c1-c1cn[nH]c1-c1ccccc1. The molecule has 3 rings (SSSR count). The number of carboxylic acid groups (broad SMARTS) is 1. The lowest BCUT2D eigenvalue weighted by molar-refractivity contribution is 0.0697. The van der Waals surface area contributed by atoms with Crippen LogP contribution in [0.2, 0.25) is 0 Å². The summed E-state index contributed by atoms with van der Waals surface area (Å²) in [7, 11) is 1.71. The van der Waals surface area contributed by atoms with Crippen molar-refractivity contribution in [3.05, 3.63) is 48.3 Å². The number of benzene rings is 1. The van der Waals surface area contributed by atoms with E-state index in [4.69, 9.17) is 0 Å². The van der Waals surface area contributed by atoms with Gasteiger partial charge in [0, 0.05) is 18.2 Å². The number of hydrogen-bond acceptors (Lipinski definition) is 3. The Bertz CT molecular complexity index is 759. The van der Waals surface area contributed by atoms with E-state index in [1.165, 1.54) is 6.20 Å². The molecule has 0 amide bonds. The van der Waals surface area contributed by atoms with E-state index in [9.17, 15) is 9.90 Å². The van der Waals surface area contributed by atoms with E-state index in [1.807, 2.05) is 30.3 Å². The van der Waals surface area contributed by atoms with Gasteiger partial charge in [0.15, 0.2) is 0 Å². The molecular formula is C14H12N4O2. The largest absolute Gasteiger partial charge is 0.478 e. The highest BCUT2D eigenvalue weighted by atomic mass is 16.4. The Morgan fingerprint density at radius 3 is 2.70 bits per heavy atom. The van der Waals surface area contributed by atoms with E-state index < -0.39 is 5.97 Å². The van der Waals surface area contributed by atoms with Crippen LogP contribution >= 0.6 is 0 Å².